The van der Waals surface area contributed by atoms with Gasteiger partial charge in [-0.3, -0.25) is 0 Å². The average molecular weight is 380 g/mol. The summed E-state index contributed by atoms with van der Waals surface area (Å²) < 4.78 is 5.70. The van der Waals surface area contributed by atoms with Crippen LogP contribution in [0.25, 0.3) is 0 Å². The maximum Gasteiger partial charge on any atom is 0.216 e. The van der Waals surface area contributed by atoms with Crippen molar-refractivity contribution in [1.29, 1.82) is 0 Å². The fourth-order valence-corrected chi connectivity index (χ4v) is 1.55. The van der Waals surface area contributed by atoms with Gasteiger partial charge in [0, 0.05) is 33.6 Å². The molecule has 1 aromatic rings. The number of aromatic nitrogens is 1. The number of oxazole rings is 1. The second kappa shape index (κ2) is 7.12. The fourth-order valence-electron chi connectivity index (χ4n) is 1.55. The van der Waals surface area contributed by atoms with Gasteiger partial charge in [-0.05, 0) is 0 Å². The Labute approximate surface area is 133 Å². The largest absolute Gasteiger partial charge is 0.443 e. The van der Waals surface area contributed by atoms with Crippen LogP contribution in [0.5, 0.6) is 0 Å². The second-order valence-corrected chi connectivity index (χ2v) is 5.77. The lowest BCUT2D eigenvalue weighted by atomic mass is 9.94. The van der Waals surface area contributed by atoms with Gasteiger partial charge in [0.15, 0.2) is 5.96 Å². The summed E-state index contributed by atoms with van der Waals surface area (Å²) in [5, 5.41) is 0. The molecule has 0 aromatic carbocycles. The van der Waals surface area contributed by atoms with Crippen molar-refractivity contribution in [2.45, 2.75) is 32.7 Å². The quantitative estimate of drug-likeness (QED) is 0.450. The van der Waals surface area contributed by atoms with Crippen molar-refractivity contribution in [3.63, 3.8) is 0 Å². The summed E-state index contributed by atoms with van der Waals surface area (Å²) in [5.74, 6) is 2.44. The van der Waals surface area contributed by atoms with Crippen molar-refractivity contribution in [3.05, 3.63) is 17.8 Å². The molecule has 0 aliphatic carbocycles. The van der Waals surface area contributed by atoms with Gasteiger partial charge < -0.3 is 14.2 Å². The van der Waals surface area contributed by atoms with Gasteiger partial charge in [0.1, 0.15) is 12.3 Å². The molecule has 1 rings (SSSR count). The predicted molar refractivity (Wildman–Crippen MR) is 89.1 cm³/mol. The van der Waals surface area contributed by atoms with Gasteiger partial charge >= 0.3 is 0 Å². The zero-order chi connectivity index (χ0) is 13.9. The molecule has 0 saturated carbocycles. The molecule has 0 spiro atoms. The van der Waals surface area contributed by atoms with Gasteiger partial charge in [0.05, 0.1) is 6.20 Å². The second-order valence-electron chi connectivity index (χ2n) is 5.77. The first-order valence-electron chi connectivity index (χ1n) is 6.06. The molecule has 0 saturated heterocycles. The molecule has 110 valence electrons. The lowest BCUT2D eigenvalue weighted by Crippen LogP contribution is -2.35. The van der Waals surface area contributed by atoms with Crippen molar-refractivity contribution in [2.75, 3.05) is 28.2 Å². The van der Waals surface area contributed by atoms with Crippen molar-refractivity contribution >= 4 is 29.9 Å². The lowest BCUT2D eigenvalue weighted by molar-refractivity contribution is 0.381. The SMILES string of the molecule is CN(C)C(=NCc1ncc(C(C)(C)C)o1)N(C)C.I. The smallest absolute Gasteiger partial charge is 0.216 e. The molecule has 5 nitrogen and oxygen atoms in total. The van der Waals surface area contributed by atoms with Crippen molar-refractivity contribution < 1.29 is 4.42 Å². The molecule has 6 heteroatoms. The van der Waals surface area contributed by atoms with Gasteiger partial charge in [0.2, 0.25) is 5.89 Å². The van der Waals surface area contributed by atoms with E-state index in [1.54, 1.807) is 6.20 Å². The first kappa shape index (κ1) is 18.2. The van der Waals surface area contributed by atoms with Crippen LogP contribution < -0.4 is 0 Å². The minimum absolute atomic E-state index is 0. The molecule has 1 aromatic heterocycles. The summed E-state index contributed by atoms with van der Waals surface area (Å²) in [4.78, 5) is 12.7. The van der Waals surface area contributed by atoms with E-state index in [0.29, 0.717) is 12.4 Å². The van der Waals surface area contributed by atoms with E-state index in [9.17, 15) is 0 Å². The minimum Gasteiger partial charge on any atom is -0.443 e. The predicted octanol–water partition coefficient (Wildman–Crippen LogP) is 2.57. The monoisotopic (exact) mass is 380 g/mol. The molecule has 0 aliphatic heterocycles. The Morgan fingerprint density at radius 3 is 2.11 bits per heavy atom. The highest BCUT2D eigenvalue weighted by Crippen LogP contribution is 2.22. The van der Waals surface area contributed by atoms with Gasteiger partial charge in [0.25, 0.3) is 0 Å². The van der Waals surface area contributed by atoms with E-state index in [-0.39, 0.29) is 29.4 Å². The van der Waals surface area contributed by atoms with Crippen LogP contribution in [0, 0.1) is 0 Å². The van der Waals surface area contributed by atoms with E-state index in [0.717, 1.165) is 11.7 Å². The first-order valence-corrected chi connectivity index (χ1v) is 6.06. The summed E-state index contributed by atoms with van der Waals surface area (Å²) >= 11 is 0. The van der Waals surface area contributed by atoms with Crippen molar-refractivity contribution in [2.24, 2.45) is 4.99 Å². The van der Waals surface area contributed by atoms with Crippen LogP contribution in [0.3, 0.4) is 0 Å². The molecule has 0 radical (unpaired) electrons. The van der Waals surface area contributed by atoms with E-state index in [1.807, 2.05) is 38.0 Å². The summed E-state index contributed by atoms with van der Waals surface area (Å²) in [6, 6.07) is 0. The van der Waals surface area contributed by atoms with E-state index < -0.39 is 0 Å². The van der Waals surface area contributed by atoms with Crippen LogP contribution in [0.4, 0.5) is 0 Å². The van der Waals surface area contributed by atoms with Crippen LogP contribution in [0.15, 0.2) is 15.6 Å². The van der Waals surface area contributed by atoms with Crippen LogP contribution in [-0.4, -0.2) is 48.9 Å². The number of aliphatic imine (C=N–C) groups is 1. The number of hydrogen-bond donors (Lipinski definition) is 0. The Morgan fingerprint density at radius 2 is 1.74 bits per heavy atom. The Bertz CT molecular complexity index is 409. The van der Waals surface area contributed by atoms with Crippen LogP contribution in [0.1, 0.15) is 32.4 Å². The van der Waals surface area contributed by atoms with Gasteiger partial charge in [-0.15, -0.1) is 24.0 Å². The lowest BCUT2D eigenvalue weighted by Gasteiger charge is -2.22. The average Bonchev–Trinajstić information content (AvgIpc) is 2.64. The number of hydrogen-bond acceptors (Lipinski definition) is 3. The Morgan fingerprint density at radius 1 is 1.21 bits per heavy atom. The Hall–Kier alpha value is -0.790. The normalized spacial score (nSPS) is 10.7. The number of nitrogens with zero attached hydrogens (tertiary/aromatic N) is 4. The third-order valence-electron chi connectivity index (χ3n) is 2.45. The van der Waals surface area contributed by atoms with Gasteiger partial charge in [-0.1, -0.05) is 20.8 Å². The van der Waals surface area contributed by atoms with E-state index >= 15 is 0 Å². The standard InChI is InChI=1S/C13H24N4O.HI/c1-13(2,3)10-8-14-11(18-10)9-15-12(16(4)5)17(6)7;/h8H,9H2,1-7H3;1H. The summed E-state index contributed by atoms with van der Waals surface area (Å²) in [5.41, 5.74) is -0.0130. The Balaban J connectivity index is 0.00000324. The highest BCUT2D eigenvalue weighted by atomic mass is 127. The van der Waals surface area contributed by atoms with Crippen molar-refractivity contribution in [1.82, 2.24) is 14.8 Å². The molecule has 0 aliphatic rings. The number of rotatable bonds is 2. The van der Waals surface area contributed by atoms with Crippen LogP contribution in [0.2, 0.25) is 0 Å². The molecule has 19 heavy (non-hydrogen) atoms. The highest BCUT2D eigenvalue weighted by molar-refractivity contribution is 14.0. The van der Waals surface area contributed by atoms with Crippen molar-refractivity contribution in [3.8, 4) is 0 Å². The molecular weight excluding hydrogens is 355 g/mol. The Kier molecular flexibility index (Phi) is 6.82. The summed E-state index contributed by atoms with van der Waals surface area (Å²) in [6.07, 6.45) is 1.79. The fraction of sp³-hybridized carbons (Fsp3) is 0.692. The molecule has 0 unspecified atom stereocenters. The van der Waals surface area contributed by atoms with E-state index in [4.69, 9.17) is 4.42 Å². The molecule has 1 heterocycles. The zero-order valence-corrected chi connectivity index (χ0v) is 15.2. The van der Waals surface area contributed by atoms with Crippen LogP contribution >= 0.6 is 24.0 Å². The molecule has 0 amide bonds. The summed E-state index contributed by atoms with van der Waals surface area (Å²) in [7, 11) is 7.87. The molecular formula is C13H25IN4O. The maximum atomic E-state index is 5.70. The highest BCUT2D eigenvalue weighted by Gasteiger charge is 2.19. The first-order chi connectivity index (χ1) is 8.21. The van der Waals surface area contributed by atoms with E-state index in [2.05, 4.69) is 30.7 Å². The van der Waals surface area contributed by atoms with E-state index in [1.165, 1.54) is 0 Å². The topological polar surface area (TPSA) is 44.9 Å². The molecule has 0 N–H and O–H groups in total. The third kappa shape index (κ3) is 5.38. The minimum atomic E-state index is -0.0130. The van der Waals surface area contributed by atoms with Gasteiger partial charge in [-0.25, -0.2) is 9.98 Å². The maximum absolute atomic E-state index is 5.70. The molecule has 0 atom stereocenters. The van der Waals surface area contributed by atoms with Crippen LogP contribution in [-0.2, 0) is 12.0 Å². The van der Waals surface area contributed by atoms with Gasteiger partial charge in [-0.2, -0.15) is 0 Å². The molecule has 0 fully saturated rings. The number of halogens is 1. The summed E-state index contributed by atoms with van der Waals surface area (Å²) in [6.45, 7) is 6.77. The number of guanidine groups is 1. The zero-order valence-electron chi connectivity index (χ0n) is 12.9. The molecule has 0 bridgehead atoms. The third-order valence-corrected chi connectivity index (χ3v) is 2.45.